The van der Waals surface area contributed by atoms with Gasteiger partial charge in [-0.15, -0.1) is 0 Å². The summed E-state index contributed by atoms with van der Waals surface area (Å²) in [6.45, 7) is 0. The molecule has 3 rings (SSSR count). The number of benzene rings is 2. The van der Waals surface area contributed by atoms with Crippen LogP contribution >= 0.6 is 0 Å². The van der Waals surface area contributed by atoms with Gasteiger partial charge in [0.15, 0.2) is 11.6 Å². The number of ether oxygens (including phenoxy) is 1. The van der Waals surface area contributed by atoms with Crippen molar-refractivity contribution >= 4 is 17.1 Å². The van der Waals surface area contributed by atoms with E-state index in [1.165, 1.54) is 30.4 Å². The van der Waals surface area contributed by atoms with Gasteiger partial charge >= 0.3 is 6.18 Å². The van der Waals surface area contributed by atoms with E-state index in [0.29, 0.717) is 11.3 Å². The van der Waals surface area contributed by atoms with E-state index in [1.54, 1.807) is 24.3 Å². The summed E-state index contributed by atoms with van der Waals surface area (Å²) in [5, 5.41) is 0. The van der Waals surface area contributed by atoms with Gasteiger partial charge in [-0.3, -0.25) is 9.59 Å². The Labute approximate surface area is 141 Å². The van der Waals surface area contributed by atoms with Crippen LogP contribution in [-0.4, -0.2) is 11.6 Å². The molecule has 0 atom stereocenters. The topological polar surface area (TPSA) is 43.4 Å². The van der Waals surface area contributed by atoms with E-state index in [-0.39, 0.29) is 22.9 Å². The first-order valence-corrected chi connectivity index (χ1v) is 7.26. The summed E-state index contributed by atoms with van der Waals surface area (Å²) in [5.41, 5.74) is 0.0896. The van der Waals surface area contributed by atoms with Gasteiger partial charge < -0.3 is 4.74 Å². The van der Waals surface area contributed by atoms with Crippen molar-refractivity contribution in [3.8, 4) is 11.5 Å². The highest BCUT2D eigenvalue weighted by Crippen LogP contribution is 2.31. The van der Waals surface area contributed by atoms with E-state index in [4.69, 9.17) is 4.74 Å². The van der Waals surface area contributed by atoms with Crippen molar-refractivity contribution in [2.75, 3.05) is 0 Å². The van der Waals surface area contributed by atoms with E-state index in [9.17, 15) is 22.8 Å². The Morgan fingerprint density at radius 1 is 0.760 bits per heavy atom. The first-order chi connectivity index (χ1) is 11.8. The van der Waals surface area contributed by atoms with Gasteiger partial charge in [-0.05, 0) is 60.2 Å². The highest BCUT2D eigenvalue weighted by molar-refractivity contribution is 6.33. The smallest absolute Gasteiger partial charge is 0.416 e. The fourth-order valence-corrected chi connectivity index (χ4v) is 2.29. The van der Waals surface area contributed by atoms with Crippen LogP contribution in [0.3, 0.4) is 0 Å². The Balaban J connectivity index is 1.75. The van der Waals surface area contributed by atoms with Crippen LogP contribution in [-0.2, 0) is 15.8 Å². The van der Waals surface area contributed by atoms with Crippen molar-refractivity contribution in [1.82, 2.24) is 0 Å². The molecule has 1 aliphatic carbocycles. The highest BCUT2D eigenvalue weighted by atomic mass is 19.4. The zero-order valence-corrected chi connectivity index (χ0v) is 12.7. The van der Waals surface area contributed by atoms with Gasteiger partial charge in [-0.1, -0.05) is 12.1 Å². The van der Waals surface area contributed by atoms with Gasteiger partial charge in [0, 0.05) is 5.57 Å². The monoisotopic (exact) mass is 344 g/mol. The third kappa shape index (κ3) is 3.85. The molecule has 0 aromatic heterocycles. The predicted octanol–water partition coefficient (Wildman–Crippen LogP) is 4.59. The third-order valence-electron chi connectivity index (χ3n) is 3.53. The highest BCUT2D eigenvalue weighted by Gasteiger charge is 2.30. The van der Waals surface area contributed by atoms with Gasteiger partial charge in [-0.2, -0.15) is 13.2 Å². The van der Waals surface area contributed by atoms with Crippen molar-refractivity contribution in [1.29, 1.82) is 0 Å². The Morgan fingerprint density at radius 2 is 1.32 bits per heavy atom. The lowest BCUT2D eigenvalue weighted by Crippen LogP contribution is -2.06. The number of carbonyl (C=O) groups is 2. The first-order valence-electron chi connectivity index (χ1n) is 7.26. The maximum absolute atomic E-state index is 12.5. The van der Waals surface area contributed by atoms with Crippen LogP contribution in [0.5, 0.6) is 11.5 Å². The molecule has 0 radical (unpaired) electrons. The van der Waals surface area contributed by atoms with Crippen molar-refractivity contribution < 1.29 is 27.5 Å². The number of allylic oxidation sites excluding steroid dienone is 4. The fourth-order valence-electron chi connectivity index (χ4n) is 2.29. The van der Waals surface area contributed by atoms with Crippen LogP contribution in [0.4, 0.5) is 13.2 Å². The molecule has 0 unspecified atom stereocenters. The molecule has 126 valence electrons. The molecule has 0 saturated carbocycles. The zero-order valence-electron chi connectivity index (χ0n) is 12.7. The van der Waals surface area contributed by atoms with Crippen LogP contribution in [0, 0.1) is 0 Å². The van der Waals surface area contributed by atoms with Crippen molar-refractivity contribution in [3.63, 3.8) is 0 Å². The maximum Gasteiger partial charge on any atom is 0.416 e. The van der Waals surface area contributed by atoms with E-state index in [2.05, 4.69) is 0 Å². The predicted molar refractivity (Wildman–Crippen MR) is 85.1 cm³/mol. The number of hydrogen-bond donors (Lipinski definition) is 0. The minimum Gasteiger partial charge on any atom is -0.457 e. The standard InChI is InChI=1S/C19H11F3O3/c20-19(21,22)13-3-8-16(9-4-13)25-15-6-1-12(2-7-15)17-11-14(23)5-10-18(17)24/h1-11H. The number of rotatable bonds is 3. The Hall–Kier alpha value is -3.15. The van der Waals surface area contributed by atoms with Gasteiger partial charge in [0.05, 0.1) is 5.56 Å². The number of alkyl halides is 3. The van der Waals surface area contributed by atoms with E-state index >= 15 is 0 Å². The summed E-state index contributed by atoms with van der Waals surface area (Å²) < 4.78 is 43.1. The average Bonchev–Trinajstić information content (AvgIpc) is 2.58. The lowest BCUT2D eigenvalue weighted by molar-refractivity contribution is -0.137. The Morgan fingerprint density at radius 3 is 1.88 bits per heavy atom. The molecule has 1 aliphatic rings. The molecule has 0 aliphatic heterocycles. The fraction of sp³-hybridized carbons (Fsp3) is 0.0526. The molecule has 6 heteroatoms. The Kier molecular flexibility index (Phi) is 4.27. The number of halogens is 3. The minimum atomic E-state index is -4.40. The number of ketones is 2. The molecular weight excluding hydrogens is 333 g/mol. The first kappa shape index (κ1) is 16.7. The van der Waals surface area contributed by atoms with Crippen LogP contribution in [0.1, 0.15) is 11.1 Å². The molecular formula is C19H11F3O3. The molecule has 0 fully saturated rings. The molecule has 2 aromatic rings. The van der Waals surface area contributed by atoms with Crippen LogP contribution in [0.2, 0.25) is 0 Å². The maximum atomic E-state index is 12.5. The third-order valence-corrected chi connectivity index (χ3v) is 3.53. The quantitative estimate of drug-likeness (QED) is 0.765. The zero-order chi connectivity index (χ0) is 18.0. The molecule has 3 nitrogen and oxygen atoms in total. The molecule has 0 N–H and O–H groups in total. The Bertz CT molecular complexity index is 874. The summed E-state index contributed by atoms with van der Waals surface area (Å²) in [4.78, 5) is 23.2. The largest absolute Gasteiger partial charge is 0.457 e. The summed E-state index contributed by atoms with van der Waals surface area (Å²) in [6, 6.07) is 10.7. The lowest BCUT2D eigenvalue weighted by Gasteiger charge is -2.10. The van der Waals surface area contributed by atoms with Crippen molar-refractivity contribution in [2.24, 2.45) is 0 Å². The summed E-state index contributed by atoms with van der Waals surface area (Å²) >= 11 is 0. The van der Waals surface area contributed by atoms with E-state index in [1.807, 2.05) is 0 Å². The lowest BCUT2D eigenvalue weighted by atomic mass is 9.96. The van der Waals surface area contributed by atoms with E-state index in [0.717, 1.165) is 12.1 Å². The molecule has 25 heavy (non-hydrogen) atoms. The second kappa shape index (κ2) is 6.39. The molecule has 0 spiro atoms. The molecule has 0 bridgehead atoms. The second-order valence-electron chi connectivity index (χ2n) is 5.31. The van der Waals surface area contributed by atoms with Crippen molar-refractivity contribution in [3.05, 3.63) is 77.9 Å². The normalized spacial score (nSPS) is 14.4. The summed E-state index contributed by atoms with van der Waals surface area (Å²) in [5.74, 6) is 0.122. The molecule has 0 saturated heterocycles. The average molecular weight is 344 g/mol. The van der Waals surface area contributed by atoms with Gasteiger partial charge in [0.1, 0.15) is 11.5 Å². The van der Waals surface area contributed by atoms with E-state index < -0.39 is 11.7 Å². The number of carbonyl (C=O) groups excluding carboxylic acids is 2. The van der Waals surface area contributed by atoms with Gasteiger partial charge in [0.25, 0.3) is 0 Å². The van der Waals surface area contributed by atoms with Gasteiger partial charge in [0.2, 0.25) is 0 Å². The minimum absolute atomic E-state index is 0.256. The summed E-state index contributed by atoms with van der Waals surface area (Å²) in [7, 11) is 0. The molecule has 0 heterocycles. The van der Waals surface area contributed by atoms with Crippen LogP contribution in [0.15, 0.2) is 66.8 Å². The van der Waals surface area contributed by atoms with Crippen LogP contribution in [0.25, 0.3) is 5.57 Å². The van der Waals surface area contributed by atoms with Crippen molar-refractivity contribution in [2.45, 2.75) is 6.18 Å². The van der Waals surface area contributed by atoms with Crippen LogP contribution < -0.4 is 4.74 Å². The molecule has 0 amide bonds. The molecule has 2 aromatic carbocycles. The van der Waals surface area contributed by atoms with Gasteiger partial charge in [-0.25, -0.2) is 0 Å². The summed E-state index contributed by atoms with van der Waals surface area (Å²) in [6.07, 6.45) is -0.724. The SMILES string of the molecule is O=C1C=CC(=O)C(c2ccc(Oc3ccc(C(F)(F)F)cc3)cc2)=C1. The second-order valence-corrected chi connectivity index (χ2v) is 5.31. The number of hydrogen-bond acceptors (Lipinski definition) is 3.